The third-order valence-corrected chi connectivity index (χ3v) is 12.8. The Labute approximate surface area is 371 Å². The van der Waals surface area contributed by atoms with Crippen molar-refractivity contribution in [1.82, 2.24) is 5.43 Å². The number of rotatable bonds is 10. The first kappa shape index (κ1) is 43.0. The summed E-state index contributed by atoms with van der Waals surface area (Å²) < 4.78 is 5.99. The first-order chi connectivity index (χ1) is 27.0. The number of para-hydroxylation sites is 1. The first-order valence-electron chi connectivity index (χ1n) is 16.6. The molecule has 6 rings (SSSR count). The molecule has 294 valence electrons. The van der Waals surface area contributed by atoms with Crippen molar-refractivity contribution in [2.24, 2.45) is 4.99 Å². The Bertz CT molecular complexity index is 2440. The molecule has 2 unspecified atom stereocenters. The van der Waals surface area contributed by atoms with Crippen LogP contribution in [0.15, 0.2) is 88.8 Å². The molecule has 5 aromatic rings. The lowest BCUT2D eigenvalue weighted by atomic mass is 10.1. The minimum Gasteiger partial charge on any atom is -0.481 e. The number of aryl methyl sites for hydroxylation is 2. The van der Waals surface area contributed by atoms with Crippen LogP contribution in [0.3, 0.4) is 0 Å². The number of halogens is 8. The lowest BCUT2D eigenvalue weighted by Crippen LogP contribution is -2.36. The van der Waals surface area contributed by atoms with Crippen LogP contribution in [-0.2, 0) is 9.59 Å². The Morgan fingerprint density at radius 3 is 2.11 bits per heavy atom. The summed E-state index contributed by atoms with van der Waals surface area (Å²) in [6.07, 6.45) is -0.876. The molecule has 5 aromatic carbocycles. The van der Waals surface area contributed by atoms with E-state index in [9.17, 15) is 14.4 Å². The average molecular weight is 945 g/mol. The number of aliphatic imine (C=N–C) groups is 1. The molecule has 1 saturated heterocycles. The summed E-state index contributed by atoms with van der Waals surface area (Å²) in [4.78, 5) is 46.3. The second kappa shape index (κ2) is 18.2. The molecular weight excluding hydrogens is 918 g/mol. The number of amidine groups is 1. The molecule has 57 heavy (non-hydrogen) atoms. The van der Waals surface area contributed by atoms with E-state index in [-0.39, 0.29) is 68.6 Å². The predicted molar refractivity (Wildman–Crippen MR) is 236 cm³/mol. The summed E-state index contributed by atoms with van der Waals surface area (Å²) >= 11 is 52.5. The number of nitrogens with zero attached hydrogens (tertiary/aromatic N) is 2. The maximum atomic E-state index is 14.4. The molecule has 0 bridgehead atoms. The maximum absolute atomic E-state index is 14.4. The van der Waals surface area contributed by atoms with E-state index >= 15 is 0 Å². The first-order valence-corrected chi connectivity index (χ1v) is 20.5. The lowest BCUT2D eigenvalue weighted by Gasteiger charge is -2.21. The highest BCUT2D eigenvalue weighted by atomic mass is 35.5. The Hall–Kier alpha value is -3.55. The minimum absolute atomic E-state index is 0.0616. The smallest absolute Gasteiger partial charge is 0.267 e. The normalized spacial score (nSPS) is 15.1. The molecule has 2 atom stereocenters. The number of carbonyl (C=O) groups excluding carboxylic acids is 3. The van der Waals surface area contributed by atoms with E-state index in [0.29, 0.717) is 16.3 Å². The number of ether oxygens (including phenoxy) is 1. The Kier molecular flexibility index (Phi) is 13.7. The van der Waals surface area contributed by atoms with Crippen LogP contribution in [0.4, 0.5) is 22.7 Å². The summed E-state index contributed by atoms with van der Waals surface area (Å²) in [5.41, 5.74) is 5.75. The quantitative estimate of drug-likeness (QED) is 0.0950. The Morgan fingerprint density at radius 2 is 1.44 bits per heavy atom. The number of hydrazine groups is 1. The van der Waals surface area contributed by atoms with Gasteiger partial charge in [0.25, 0.3) is 17.7 Å². The summed E-state index contributed by atoms with van der Waals surface area (Å²) in [7, 11) is 0. The minimum atomic E-state index is -1.14. The summed E-state index contributed by atoms with van der Waals surface area (Å²) in [6.45, 7) is 5.50. The zero-order valence-corrected chi connectivity index (χ0v) is 36.5. The number of thioether (sulfide) groups is 1. The van der Waals surface area contributed by atoms with E-state index in [1.165, 1.54) is 24.3 Å². The van der Waals surface area contributed by atoms with E-state index in [1.54, 1.807) is 43.3 Å². The summed E-state index contributed by atoms with van der Waals surface area (Å²) in [5.74, 6) is -0.968. The number of hydrogen-bond acceptors (Lipinski definition) is 6. The van der Waals surface area contributed by atoms with Crippen LogP contribution in [-0.4, -0.2) is 34.9 Å². The van der Waals surface area contributed by atoms with Gasteiger partial charge in [0.1, 0.15) is 22.5 Å². The Morgan fingerprint density at radius 1 is 0.789 bits per heavy atom. The number of benzene rings is 5. The second-order valence-corrected chi connectivity index (χ2v) is 16.7. The van der Waals surface area contributed by atoms with Gasteiger partial charge in [0, 0.05) is 10.6 Å². The molecule has 0 radical (unpaired) electrons. The van der Waals surface area contributed by atoms with Gasteiger partial charge in [0.2, 0.25) is 0 Å². The highest BCUT2D eigenvalue weighted by molar-refractivity contribution is 8.01. The SMILES string of the molecule is Cc1ccc(OC(C)C(=O)Nc2ccccc2SC2C(=O)N(c3c(Cl)c(Cl)c(Cl)c(Cl)c3Cl)NC2=Nc2cc(NC(=O)c3c(Cl)cccc3Cl)ccc2Cl)c(C)c1. The predicted octanol–water partition coefficient (Wildman–Crippen LogP) is 12.9. The zero-order chi connectivity index (χ0) is 41.3. The van der Waals surface area contributed by atoms with Gasteiger partial charge in [-0.2, -0.15) is 0 Å². The van der Waals surface area contributed by atoms with Crippen LogP contribution in [0.1, 0.15) is 28.4 Å². The third kappa shape index (κ3) is 9.36. The van der Waals surface area contributed by atoms with Crippen LogP contribution in [0.2, 0.25) is 40.2 Å². The van der Waals surface area contributed by atoms with Gasteiger partial charge in [0.05, 0.1) is 57.1 Å². The maximum Gasteiger partial charge on any atom is 0.267 e. The molecule has 3 N–H and O–H groups in total. The van der Waals surface area contributed by atoms with Crippen molar-refractivity contribution >= 4 is 151 Å². The average Bonchev–Trinajstić information content (AvgIpc) is 3.46. The monoisotopic (exact) mass is 941 g/mol. The molecule has 0 aromatic heterocycles. The molecular formula is C39H27Cl8N5O4S. The zero-order valence-electron chi connectivity index (χ0n) is 29.6. The fraction of sp³-hybridized carbons (Fsp3) is 0.128. The van der Waals surface area contributed by atoms with Gasteiger partial charge < -0.3 is 15.4 Å². The fourth-order valence-corrected chi connectivity index (χ4v) is 8.64. The van der Waals surface area contributed by atoms with E-state index in [0.717, 1.165) is 27.9 Å². The number of amides is 3. The number of carbonyl (C=O) groups is 3. The van der Waals surface area contributed by atoms with Crippen molar-refractivity contribution in [2.45, 2.75) is 37.0 Å². The van der Waals surface area contributed by atoms with Crippen LogP contribution < -0.4 is 25.8 Å². The molecule has 1 heterocycles. The molecule has 0 spiro atoms. The lowest BCUT2D eigenvalue weighted by molar-refractivity contribution is -0.122. The molecule has 1 aliphatic rings. The van der Waals surface area contributed by atoms with Gasteiger partial charge in [-0.05, 0) is 74.9 Å². The van der Waals surface area contributed by atoms with Crippen LogP contribution in [0, 0.1) is 13.8 Å². The molecule has 3 amide bonds. The molecule has 9 nitrogen and oxygen atoms in total. The Balaban J connectivity index is 1.36. The fourth-order valence-electron chi connectivity index (χ4n) is 5.53. The van der Waals surface area contributed by atoms with Gasteiger partial charge >= 0.3 is 0 Å². The standard InChI is InChI=1S/C39H27Cl8N5O4S/c1-17-11-14-26(18(2)15-17)56-19(3)37(53)50-24-9-4-5-10-27(24)57-35-36(51-52(39(35)55)34-32(46)30(44)29(43)31(45)33(34)47)49-25-16-20(12-13-21(25)40)48-38(54)28-22(41)7-6-8-23(28)42/h4-16,19,35H,1-3H3,(H,48,54)(H,49,51)(H,50,53). The van der Waals surface area contributed by atoms with E-state index in [2.05, 4.69) is 16.1 Å². The molecule has 0 saturated carbocycles. The number of anilines is 3. The van der Waals surface area contributed by atoms with Crippen molar-refractivity contribution in [1.29, 1.82) is 0 Å². The van der Waals surface area contributed by atoms with Gasteiger partial charge in [-0.3, -0.25) is 19.8 Å². The summed E-state index contributed by atoms with van der Waals surface area (Å²) in [6, 6.07) is 21.8. The van der Waals surface area contributed by atoms with Gasteiger partial charge in [0.15, 0.2) is 6.10 Å². The van der Waals surface area contributed by atoms with Crippen molar-refractivity contribution in [3.05, 3.63) is 136 Å². The molecule has 18 heteroatoms. The molecule has 0 aliphatic carbocycles. The van der Waals surface area contributed by atoms with Crippen molar-refractivity contribution in [3.63, 3.8) is 0 Å². The van der Waals surface area contributed by atoms with E-state index < -0.39 is 29.1 Å². The van der Waals surface area contributed by atoms with Gasteiger partial charge in [-0.1, -0.05) is 129 Å². The molecule has 1 fully saturated rings. The van der Waals surface area contributed by atoms with Crippen LogP contribution >= 0.6 is 105 Å². The van der Waals surface area contributed by atoms with Crippen LogP contribution in [0.5, 0.6) is 5.75 Å². The van der Waals surface area contributed by atoms with E-state index in [4.69, 9.17) is 103 Å². The van der Waals surface area contributed by atoms with Crippen molar-refractivity contribution in [3.8, 4) is 5.75 Å². The van der Waals surface area contributed by atoms with Crippen LogP contribution in [0.25, 0.3) is 0 Å². The van der Waals surface area contributed by atoms with Gasteiger partial charge in [-0.25, -0.2) is 10.0 Å². The molecule has 1 aliphatic heterocycles. The van der Waals surface area contributed by atoms with Crippen molar-refractivity contribution in [2.75, 3.05) is 15.6 Å². The highest BCUT2D eigenvalue weighted by Gasteiger charge is 2.42. The van der Waals surface area contributed by atoms with Crippen molar-refractivity contribution < 1.29 is 19.1 Å². The highest BCUT2D eigenvalue weighted by Crippen LogP contribution is 2.49. The van der Waals surface area contributed by atoms with E-state index in [1.807, 2.05) is 32.0 Å². The topological polar surface area (TPSA) is 112 Å². The largest absolute Gasteiger partial charge is 0.481 e. The summed E-state index contributed by atoms with van der Waals surface area (Å²) in [5, 5.41) is 5.36. The number of hydrogen-bond donors (Lipinski definition) is 3. The van der Waals surface area contributed by atoms with Gasteiger partial charge in [-0.15, -0.1) is 11.8 Å². The number of nitrogens with one attached hydrogen (secondary N) is 3. The second-order valence-electron chi connectivity index (χ2n) is 12.4. The third-order valence-electron chi connectivity index (χ3n) is 8.36.